The zero-order valence-corrected chi connectivity index (χ0v) is 13.1. The largest absolute Gasteiger partial charge is 0.435 e. The van der Waals surface area contributed by atoms with E-state index in [9.17, 15) is 13.6 Å². The molecular weight excluding hydrogens is 316 g/mol. The summed E-state index contributed by atoms with van der Waals surface area (Å²) in [5, 5.41) is 7.18. The SMILES string of the molecule is O=C(Cc1ccc(OC(F)F)cc1)Nc1ccnn1C1CCCC1. The van der Waals surface area contributed by atoms with Crippen LogP contribution in [0.5, 0.6) is 5.75 Å². The van der Waals surface area contributed by atoms with E-state index in [1.165, 1.54) is 25.0 Å². The molecule has 1 aliphatic rings. The fourth-order valence-electron chi connectivity index (χ4n) is 3.01. The summed E-state index contributed by atoms with van der Waals surface area (Å²) in [4.78, 5) is 12.2. The van der Waals surface area contributed by atoms with E-state index in [2.05, 4.69) is 15.2 Å². The van der Waals surface area contributed by atoms with E-state index in [1.807, 2.05) is 4.68 Å². The lowest BCUT2D eigenvalue weighted by molar-refractivity contribution is -0.115. The molecule has 0 aliphatic heterocycles. The van der Waals surface area contributed by atoms with Gasteiger partial charge in [-0.15, -0.1) is 0 Å². The van der Waals surface area contributed by atoms with Crippen molar-refractivity contribution in [2.75, 3.05) is 5.32 Å². The van der Waals surface area contributed by atoms with Crippen molar-refractivity contribution in [3.63, 3.8) is 0 Å². The van der Waals surface area contributed by atoms with Crippen LogP contribution in [0.4, 0.5) is 14.6 Å². The van der Waals surface area contributed by atoms with Crippen molar-refractivity contribution in [1.82, 2.24) is 9.78 Å². The summed E-state index contributed by atoms with van der Waals surface area (Å²) in [6, 6.07) is 8.20. The van der Waals surface area contributed by atoms with Crippen molar-refractivity contribution in [1.29, 1.82) is 0 Å². The predicted molar refractivity (Wildman–Crippen MR) is 85.1 cm³/mol. The van der Waals surface area contributed by atoms with Crippen LogP contribution in [0.1, 0.15) is 37.3 Å². The Hall–Kier alpha value is -2.44. The summed E-state index contributed by atoms with van der Waals surface area (Å²) in [7, 11) is 0. The maximum atomic E-state index is 12.2. The first-order valence-electron chi connectivity index (χ1n) is 7.99. The van der Waals surface area contributed by atoms with Gasteiger partial charge in [-0.25, -0.2) is 4.68 Å². The van der Waals surface area contributed by atoms with E-state index in [4.69, 9.17) is 0 Å². The van der Waals surface area contributed by atoms with Crippen molar-refractivity contribution in [2.24, 2.45) is 0 Å². The molecule has 1 heterocycles. The van der Waals surface area contributed by atoms with Crippen molar-refractivity contribution < 1.29 is 18.3 Å². The second kappa shape index (κ2) is 7.42. The highest BCUT2D eigenvalue weighted by Gasteiger charge is 2.20. The Labute approximate surface area is 138 Å². The number of rotatable bonds is 6. The maximum absolute atomic E-state index is 12.2. The van der Waals surface area contributed by atoms with Gasteiger partial charge in [0.25, 0.3) is 0 Å². The first-order chi connectivity index (χ1) is 11.6. The van der Waals surface area contributed by atoms with Crippen LogP contribution in [0.15, 0.2) is 36.5 Å². The van der Waals surface area contributed by atoms with E-state index >= 15 is 0 Å². The topological polar surface area (TPSA) is 56.1 Å². The minimum atomic E-state index is -2.85. The molecule has 0 spiro atoms. The second-order valence-corrected chi connectivity index (χ2v) is 5.85. The first-order valence-corrected chi connectivity index (χ1v) is 7.99. The molecule has 7 heteroatoms. The molecule has 24 heavy (non-hydrogen) atoms. The summed E-state index contributed by atoms with van der Waals surface area (Å²) < 4.78 is 30.4. The molecule has 2 aromatic rings. The van der Waals surface area contributed by atoms with Crippen LogP contribution >= 0.6 is 0 Å². The molecule has 1 aromatic heterocycles. The molecule has 0 bridgehead atoms. The van der Waals surface area contributed by atoms with Crippen LogP contribution < -0.4 is 10.1 Å². The number of amides is 1. The minimum absolute atomic E-state index is 0.0773. The summed E-state index contributed by atoms with van der Waals surface area (Å²) in [5.74, 6) is 0.607. The predicted octanol–water partition coefficient (Wildman–Crippen LogP) is 3.78. The standard InChI is InChI=1S/C17H19F2N3O2/c18-17(19)24-14-7-5-12(6-8-14)11-16(23)21-15-9-10-20-22(15)13-3-1-2-4-13/h5-10,13,17H,1-4,11H2,(H,21,23). The van der Waals surface area contributed by atoms with Gasteiger partial charge in [0.1, 0.15) is 11.6 Å². The van der Waals surface area contributed by atoms with Crippen molar-refractivity contribution in [2.45, 2.75) is 44.8 Å². The molecule has 1 aromatic carbocycles. The Morgan fingerprint density at radius 2 is 1.96 bits per heavy atom. The van der Waals surface area contributed by atoms with Gasteiger partial charge in [0, 0.05) is 6.07 Å². The number of ether oxygens (including phenoxy) is 1. The Balaban J connectivity index is 1.59. The van der Waals surface area contributed by atoms with Crippen molar-refractivity contribution >= 4 is 11.7 Å². The zero-order valence-electron chi connectivity index (χ0n) is 13.1. The first kappa shape index (κ1) is 16.4. The third-order valence-electron chi connectivity index (χ3n) is 4.12. The number of hydrogen-bond acceptors (Lipinski definition) is 3. The number of anilines is 1. The fraction of sp³-hybridized carbons (Fsp3) is 0.412. The third-order valence-corrected chi connectivity index (χ3v) is 4.12. The average molecular weight is 335 g/mol. The lowest BCUT2D eigenvalue weighted by atomic mass is 10.1. The lowest BCUT2D eigenvalue weighted by Crippen LogP contribution is -2.19. The van der Waals surface area contributed by atoms with E-state index in [-0.39, 0.29) is 18.1 Å². The molecule has 1 aliphatic carbocycles. The Kier molecular flexibility index (Phi) is 5.08. The smallest absolute Gasteiger partial charge is 0.387 e. The molecular formula is C17H19F2N3O2. The monoisotopic (exact) mass is 335 g/mol. The molecule has 5 nitrogen and oxygen atoms in total. The van der Waals surface area contributed by atoms with Gasteiger partial charge in [-0.3, -0.25) is 4.79 Å². The molecule has 0 saturated heterocycles. The number of nitrogens with zero attached hydrogens (tertiary/aromatic N) is 2. The Bertz CT molecular complexity index is 679. The average Bonchev–Trinajstić information content (AvgIpc) is 3.19. The molecule has 128 valence electrons. The highest BCUT2D eigenvalue weighted by atomic mass is 19.3. The molecule has 1 N–H and O–H groups in total. The van der Waals surface area contributed by atoms with Gasteiger partial charge >= 0.3 is 6.61 Å². The molecule has 0 atom stereocenters. The number of alkyl halides is 2. The van der Waals surface area contributed by atoms with E-state index < -0.39 is 6.61 Å². The number of carbonyl (C=O) groups is 1. The summed E-state index contributed by atoms with van der Waals surface area (Å²) in [6.45, 7) is -2.85. The fourth-order valence-corrected chi connectivity index (χ4v) is 3.01. The van der Waals surface area contributed by atoms with E-state index in [0.717, 1.165) is 18.4 Å². The summed E-state index contributed by atoms with van der Waals surface area (Å²) in [5.41, 5.74) is 0.723. The second-order valence-electron chi connectivity index (χ2n) is 5.85. The molecule has 3 rings (SSSR count). The normalized spacial score (nSPS) is 15.0. The molecule has 0 unspecified atom stereocenters. The van der Waals surface area contributed by atoms with Gasteiger partial charge in [0.05, 0.1) is 18.7 Å². The van der Waals surface area contributed by atoms with Crippen LogP contribution in [0, 0.1) is 0 Å². The number of hydrogen-bond donors (Lipinski definition) is 1. The summed E-state index contributed by atoms with van der Waals surface area (Å²) in [6.07, 6.45) is 6.37. The molecule has 1 fully saturated rings. The van der Waals surface area contributed by atoms with Gasteiger partial charge in [-0.1, -0.05) is 25.0 Å². The van der Waals surface area contributed by atoms with Gasteiger partial charge in [0.2, 0.25) is 5.91 Å². The molecule has 0 radical (unpaired) electrons. The minimum Gasteiger partial charge on any atom is -0.435 e. The van der Waals surface area contributed by atoms with Crippen LogP contribution in [0.25, 0.3) is 0 Å². The number of aromatic nitrogens is 2. The number of nitrogens with one attached hydrogen (secondary N) is 1. The van der Waals surface area contributed by atoms with Crippen LogP contribution in [0.3, 0.4) is 0 Å². The van der Waals surface area contributed by atoms with Gasteiger partial charge in [-0.2, -0.15) is 13.9 Å². The Morgan fingerprint density at radius 1 is 1.25 bits per heavy atom. The van der Waals surface area contributed by atoms with Crippen LogP contribution in [-0.4, -0.2) is 22.3 Å². The number of benzene rings is 1. The highest BCUT2D eigenvalue weighted by molar-refractivity contribution is 5.91. The lowest BCUT2D eigenvalue weighted by Gasteiger charge is -2.14. The van der Waals surface area contributed by atoms with Crippen LogP contribution in [0.2, 0.25) is 0 Å². The summed E-state index contributed by atoms with van der Waals surface area (Å²) >= 11 is 0. The number of halogens is 2. The van der Waals surface area contributed by atoms with Gasteiger partial charge in [-0.05, 0) is 30.5 Å². The van der Waals surface area contributed by atoms with Crippen LogP contribution in [-0.2, 0) is 11.2 Å². The van der Waals surface area contributed by atoms with Gasteiger partial charge in [0.15, 0.2) is 0 Å². The van der Waals surface area contributed by atoms with Crippen molar-refractivity contribution in [3.05, 3.63) is 42.1 Å². The Morgan fingerprint density at radius 3 is 2.62 bits per heavy atom. The van der Waals surface area contributed by atoms with E-state index in [1.54, 1.807) is 24.4 Å². The van der Waals surface area contributed by atoms with E-state index in [0.29, 0.717) is 11.9 Å². The highest BCUT2D eigenvalue weighted by Crippen LogP contribution is 2.31. The molecule has 1 saturated carbocycles. The third kappa shape index (κ3) is 4.10. The maximum Gasteiger partial charge on any atom is 0.387 e. The zero-order chi connectivity index (χ0) is 16.9. The van der Waals surface area contributed by atoms with Crippen molar-refractivity contribution in [3.8, 4) is 5.75 Å². The van der Waals surface area contributed by atoms with Gasteiger partial charge < -0.3 is 10.1 Å². The number of carbonyl (C=O) groups excluding carboxylic acids is 1. The molecule has 1 amide bonds. The quantitative estimate of drug-likeness (QED) is 0.874.